The summed E-state index contributed by atoms with van der Waals surface area (Å²) < 4.78 is 0. The molecule has 0 unspecified atom stereocenters. The van der Waals surface area contributed by atoms with Crippen molar-refractivity contribution in [1.82, 2.24) is 15.0 Å². The van der Waals surface area contributed by atoms with Crippen LogP contribution in [-0.2, 0) is 6.42 Å². The Balaban J connectivity index is 1.89. The van der Waals surface area contributed by atoms with E-state index in [4.69, 9.17) is 0 Å². The quantitative estimate of drug-likeness (QED) is 0.794. The van der Waals surface area contributed by atoms with Gasteiger partial charge in [0, 0.05) is 29.0 Å². The predicted molar refractivity (Wildman–Crippen MR) is 91.7 cm³/mol. The van der Waals surface area contributed by atoms with Crippen LogP contribution in [-0.4, -0.2) is 20.9 Å². The molecule has 0 bridgehead atoms. The molecule has 1 amide bonds. The Labute approximate surface area is 138 Å². The van der Waals surface area contributed by atoms with Crippen molar-refractivity contribution in [3.05, 3.63) is 58.4 Å². The van der Waals surface area contributed by atoms with Crippen LogP contribution in [0.1, 0.15) is 28.1 Å². The third kappa shape index (κ3) is 3.43. The molecule has 0 atom stereocenters. The van der Waals surface area contributed by atoms with E-state index in [9.17, 15) is 4.79 Å². The summed E-state index contributed by atoms with van der Waals surface area (Å²) in [6.07, 6.45) is 4.25. The van der Waals surface area contributed by atoms with Gasteiger partial charge in [0.1, 0.15) is 11.5 Å². The summed E-state index contributed by atoms with van der Waals surface area (Å²) in [4.78, 5) is 25.1. The largest absolute Gasteiger partial charge is 0.305 e. The molecule has 3 rings (SSSR count). The average Bonchev–Trinajstić information content (AvgIpc) is 2.99. The minimum absolute atomic E-state index is 0.265. The van der Waals surface area contributed by atoms with Gasteiger partial charge >= 0.3 is 0 Å². The summed E-state index contributed by atoms with van der Waals surface area (Å²) in [7, 11) is 0. The van der Waals surface area contributed by atoms with E-state index in [1.54, 1.807) is 18.5 Å². The van der Waals surface area contributed by atoms with E-state index in [0.717, 1.165) is 28.2 Å². The number of amides is 1. The van der Waals surface area contributed by atoms with Crippen molar-refractivity contribution < 1.29 is 4.79 Å². The zero-order chi connectivity index (χ0) is 16.2. The zero-order valence-corrected chi connectivity index (χ0v) is 13.7. The fourth-order valence-corrected chi connectivity index (χ4v) is 2.85. The Morgan fingerprint density at radius 1 is 1.26 bits per heavy atom. The first-order chi connectivity index (χ1) is 11.2. The van der Waals surface area contributed by atoms with E-state index < -0.39 is 0 Å². The van der Waals surface area contributed by atoms with Gasteiger partial charge < -0.3 is 5.32 Å². The van der Waals surface area contributed by atoms with Crippen LogP contribution >= 0.6 is 11.3 Å². The Bertz CT molecular complexity index is 844. The van der Waals surface area contributed by atoms with Gasteiger partial charge in [0.25, 0.3) is 5.91 Å². The maximum absolute atomic E-state index is 12.3. The number of pyridine rings is 2. The lowest BCUT2D eigenvalue weighted by molar-refractivity contribution is 0.102. The Hall–Kier alpha value is -2.60. The lowest BCUT2D eigenvalue weighted by Gasteiger charge is -2.08. The van der Waals surface area contributed by atoms with E-state index in [2.05, 4.69) is 27.2 Å². The molecule has 23 heavy (non-hydrogen) atoms. The molecule has 6 heteroatoms. The van der Waals surface area contributed by atoms with E-state index in [1.165, 1.54) is 11.3 Å². The fourth-order valence-electron chi connectivity index (χ4n) is 2.31. The molecule has 0 aliphatic heterocycles. The van der Waals surface area contributed by atoms with Crippen molar-refractivity contribution in [3.63, 3.8) is 0 Å². The highest BCUT2D eigenvalue weighted by Crippen LogP contribution is 2.23. The van der Waals surface area contributed by atoms with E-state index in [1.807, 2.05) is 30.5 Å². The van der Waals surface area contributed by atoms with E-state index in [0.29, 0.717) is 11.5 Å². The molecule has 0 aromatic carbocycles. The Kier molecular flexibility index (Phi) is 4.43. The highest BCUT2D eigenvalue weighted by molar-refractivity contribution is 7.09. The second-order valence-corrected chi connectivity index (χ2v) is 6.05. The summed E-state index contributed by atoms with van der Waals surface area (Å²) >= 11 is 1.49. The molecule has 0 fully saturated rings. The highest BCUT2D eigenvalue weighted by Gasteiger charge is 2.12. The molecule has 0 aliphatic carbocycles. The third-order valence-corrected chi connectivity index (χ3v) is 4.16. The molecule has 3 aromatic rings. The summed E-state index contributed by atoms with van der Waals surface area (Å²) in [6.45, 7) is 3.96. The minimum atomic E-state index is -0.265. The van der Waals surface area contributed by atoms with Crippen LogP contribution in [0.4, 0.5) is 5.82 Å². The van der Waals surface area contributed by atoms with Gasteiger partial charge in [-0.05, 0) is 37.1 Å². The van der Waals surface area contributed by atoms with Crippen LogP contribution in [0.2, 0.25) is 0 Å². The first-order valence-corrected chi connectivity index (χ1v) is 8.19. The number of rotatable bonds is 4. The lowest BCUT2D eigenvalue weighted by atomic mass is 10.0. The van der Waals surface area contributed by atoms with Gasteiger partial charge in [0.2, 0.25) is 0 Å². The van der Waals surface area contributed by atoms with Crippen molar-refractivity contribution >= 4 is 23.1 Å². The number of hydrogen-bond donors (Lipinski definition) is 1. The normalized spacial score (nSPS) is 10.5. The van der Waals surface area contributed by atoms with Gasteiger partial charge in [-0.3, -0.25) is 14.8 Å². The van der Waals surface area contributed by atoms with Gasteiger partial charge in [-0.25, -0.2) is 4.98 Å². The first kappa shape index (κ1) is 15.3. The SMILES string of the molecule is CCc1ncccc1-c1ccnc(C(=O)Nc2csc(C)n2)c1. The number of aromatic nitrogens is 3. The molecule has 0 radical (unpaired) electrons. The average molecular weight is 324 g/mol. The standard InChI is InChI=1S/C17H16N4OS/c1-3-14-13(5-4-7-18-14)12-6-8-19-15(9-12)17(22)21-16-10-23-11(2)20-16/h4-10H,3H2,1-2H3,(H,21,22). The molecular weight excluding hydrogens is 308 g/mol. The second-order valence-electron chi connectivity index (χ2n) is 4.99. The van der Waals surface area contributed by atoms with Crippen LogP contribution in [0.15, 0.2) is 42.0 Å². The molecule has 0 saturated heterocycles. The number of aryl methyl sites for hydroxylation is 2. The summed E-state index contributed by atoms with van der Waals surface area (Å²) in [5, 5.41) is 5.49. The van der Waals surface area contributed by atoms with Crippen LogP contribution in [0.25, 0.3) is 11.1 Å². The fraction of sp³-hybridized carbons (Fsp3) is 0.176. The molecule has 3 aromatic heterocycles. The molecule has 0 saturated carbocycles. The minimum Gasteiger partial charge on any atom is -0.305 e. The first-order valence-electron chi connectivity index (χ1n) is 7.31. The van der Waals surface area contributed by atoms with Crippen molar-refractivity contribution in [1.29, 1.82) is 0 Å². The Morgan fingerprint density at radius 2 is 2.13 bits per heavy atom. The van der Waals surface area contributed by atoms with Gasteiger partial charge in [-0.15, -0.1) is 11.3 Å². The molecule has 0 aliphatic rings. The Morgan fingerprint density at radius 3 is 2.87 bits per heavy atom. The van der Waals surface area contributed by atoms with Crippen LogP contribution in [0.5, 0.6) is 0 Å². The monoisotopic (exact) mass is 324 g/mol. The molecular formula is C17H16N4OS. The van der Waals surface area contributed by atoms with Gasteiger partial charge in [0.15, 0.2) is 0 Å². The second kappa shape index (κ2) is 6.66. The van der Waals surface area contributed by atoms with E-state index >= 15 is 0 Å². The topological polar surface area (TPSA) is 67.8 Å². The highest BCUT2D eigenvalue weighted by atomic mass is 32.1. The number of thiazole rings is 1. The molecule has 1 N–H and O–H groups in total. The van der Waals surface area contributed by atoms with Crippen LogP contribution in [0, 0.1) is 6.92 Å². The van der Waals surface area contributed by atoms with Crippen LogP contribution < -0.4 is 5.32 Å². The summed E-state index contributed by atoms with van der Waals surface area (Å²) in [6, 6.07) is 7.57. The molecule has 0 spiro atoms. The van der Waals surface area contributed by atoms with Crippen molar-refractivity contribution in [2.45, 2.75) is 20.3 Å². The van der Waals surface area contributed by atoms with Gasteiger partial charge in [-0.2, -0.15) is 0 Å². The van der Waals surface area contributed by atoms with Gasteiger partial charge in [0.05, 0.1) is 5.01 Å². The van der Waals surface area contributed by atoms with Gasteiger partial charge in [-0.1, -0.05) is 13.0 Å². The lowest BCUT2D eigenvalue weighted by Crippen LogP contribution is -2.14. The number of carbonyl (C=O) groups is 1. The molecule has 3 heterocycles. The van der Waals surface area contributed by atoms with E-state index in [-0.39, 0.29) is 5.91 Å². The maximum atomic E-state index is 12.3. The summed E-state index contributed by atoms with van der Waals surface area (Å²) in [5.41, 5.74) is 3.32. The summed E-state index contributed by atoms with van der Waals surface area (Å²) in [5.74, 6) is 0.291. The van der Waals surface area contributed by atoms with Crippen LogP contribution in [0.3, 0.4) is 0 Å². The number of nitrogens with zero attached hydrogens (tertiary/aromatic N) is 3. The predicted octanol–water partition coefficient (Wildman–Crippen LogP) is 3.72. The molecule has 116 valence electrons. The third-order valence-electron chi connectivity index (χ3n) is 3.39. The van der Waals surface area contributed by atoms with Crippen molar-refractivity contribution in [3.8, 4) is 11.1 Å². The number of anilines is 1. The molecule has 5 nitrogen and oxygen atoms in total. The number of hydrogen-bond acceptors (Lipinski definition) is 5. The number of nitrogens with one attached hydrogen (secondary N) is 1. The zero-order valence-electron chi connectivity index (χ0n) is 12.9. The van der Waals surface area contributed by atoms with Crippen molar-refractivity contribution in [2.24, 2.45) is 0 Å². The number of carbonyl (C=O) groups excluding carboxylic acids is 1. The smallest absolute Gasteiger partial charge is 0.275 e. The van der Waals surface area contributed by atoms with Crippen molar-refractivity contribution in [2.75, 3.05) is 5.32 Å². The maximum Gasteiger partial charge on any atom is 0.275 e.